The van der Waals surface area contributed by atoms with Gasteiger partial charge in [-0.2, -0.15) is 0 Å². The van der Waals surface area contributed by atoms with Gasteiger partial charge in [-0.25, -0.2) is 0 Å². The van der Waals surface area contributed by atoms with Crippen molar-refractivity contribution in [3.8, 4) is 0 Å². The van der Waals surface area contributed by atoms with Gasteiger partial charge < -0.3 is 0 Å². The molecular formula is C11H14Br2S. The molecule has 0 unspecified atom stereocenters. The van der Waals surface area contributed by atoms with E-state index in [9.17, 15) is 0 Å². The van der Waals surface area contributed by atoms with Crippen LogP contribution in [0.4, 0.5) is 0 Å². The highest BCUT2D eigenvalue weighted by Crippen LogP contribution is 2.44. The molecule has 0 spiro atoms. The van der Waals surface area contributed by atoms with Gasteiger partial charge in [0.05, 0.1) is 0 Å². The molecule has 1 saturated carbocycles. The van der Waals surface area contributed by atoms with Crippen LogP contribution in [-0.4, -0.2) is 5.33 Å². The van der Waals surface area contributed by atoms with E-state index in [1.165, 1.54) is 41.5 Å². The second-order valence-electron chi connectivity index (χ2n) is 4.21. The van der Waals surface area contributed by atoms with E-state index in [0.717, 1.165) is 5.33 Å². The lowest BCUT2D eigenvalue weighted by atomic mass is 9.84. The van der Waals surface area contributed by atoms with Gasteiger partial charge in [0.2, 0.25) is 0 Å². The van der Waals surface area contributed by atoms with Crippen LogP contribution < -0.4 is 0 Å². The van der Waals surface area contributed by atoms with Gasteiger partial charge in [-0.3, -0.25) is 0 Å². The SMILES string of the molecule is BrCC1(Cc2sccc2Br)CCCC1. The predicted octanol–water partition coefficient (Wildman–Crippen LogP) is 5.01. The van der Waals surface area contributed by atoms with Crippen molar-refractivity contribution in [2.45, 2.75) is 32.1 Å². The Morgan fingerprint density at radius 3 is 2.57 bits per heavy atom. The first kappa shape index (κ1) is 11.2. The summed E-state index contributed by atoms with van der Waals surface area (Å²) in [6.45, 7) is 0. The summed E-state index contributed by atoms with van der Waals surface area (Å²) < 4.78 is 1.30. The average molecular weight is 338 g/mol. The third-order valence-corrected chi connectivity index (χ3v) is 6.29. The van der Waals surface area contributed by atoms with E-state index in [0.29, 0.717) is 5.41 Å². The zero-order valence-electron chi connectivity index (χ0n) is 8.06. The summed E-state index contributed by atoms with van der Waals surface area (Å²) in [5, 5.41) is 3.33. The Morgan fingerprint density at radius 2 is 2.07 bits per heavy atom. The highest BCUT2D eigenvalue weighted by Gasteiger charge is 2.33. The maximum Gasteiger partial charge on any atom is 0.0314 e. The van der Waals surface area contributed by atoms with E-state index in [1.54, 1.807) is 0 Å². The molecule has 78 valence electrons. The first-order valence-corrected chi connectivity index (χ1v) is 7.83. The van der Waals surface area contributed by atoms with Crippen molar-refractivity contribution in [3.05, 3.63) is 20.8 Å². The highest BCUT2D eigenvalue weighted by molar-refractivity contribution is 9.10. The fourth-order valence-corrected chi connectivity index (χ4v) is 4.70. The summed E-state index contributed by atoms with van der Waals surface area (Å²) in [4.78, 5) is 1.52. The summed E-state index contributed by atoms with van der Waals surface area (Å²) in [7, 11) is 0. The van der Waals surface area contributed by atoms with Crippen molar-refractivity contribution < 1.29 is 0 Å². The molecule has 0 N–H and O–H groups in total. The fourth-order valence-electron chi connectivity index (χ4n) is 2.27. The van der Waals surface area contributed by atoms with E-state index in [-0.39, 0.29) is 0 Å². The largest absolute Gasteiger partial charge is 0.148 e. The van der Waals surface area contributed by atoms with Gasteiger partial charge in [-0.05, 0) is 52.1 Å². The third-order valence-electron chi connectivity index (χ3n) is 3.17. The van der Waals surface area contributed by atoms with Gasteiger partial charge in [-0.1, -0.05) is 28.8 Å². The van der Waals surface area contributed by atoms with Gasteiger partial charge in [0.15, 0.2) is 0 Å². The van der Waals surface area contributed by atoms with Crippen LogP contribution in [0.1, 0.15) is 30.6 Å². The predicted molar refractivity (Wildman–Crippen MR) is 70.4 cm³/mol. The Balaban J connectivity index is 2.12. The van der Waals surface area contributed by atoms with Crippen LogP contribution >= 0.6 is 43.2 Å². The molecule has 14 heavy (non-hydrogen) atoms. The number of hydrogen-bond acceptors (Lipinski definition) is 1. The standard InChI is InChI=1S/C11H14Br2S/c12-8-11(4-1-2-5-11)7-10-9(13)3-6-14-10/h3,6H,1-2,4-5,7-8H2. The fraction of sp³-hybridized carbons (Fsp3) is 0.636. The molecule has 1 aliphatic rings. The van der Waals surface area contributed by atoms with E-state index in [2.05, 4.69) is 43.3 Å². The highest BCUT2D eigenvalue weighted by atomic mass is 79.9. The van der Waals surface area contributed by atoms with Gasteiger partial charge >= 0.3 is 0 Å². The van der Waals surface area contributed by atoms with Crippen LogP contribution in [0, 0.1) is 5.41 Å². The van der Waals surface area contributed by atoms with E-state index in [1.807, 2.05) is 11.3 Å². The molecule has 0 aliphatic heterocycles. The van der Waals surface area contributed by atoms with Crippen LogP contribution in [0.2, 0.25) is 0 Å². The number of rotatable bonds is 3. The lowest BCUT2D eigenvalue weighted by molar-refractivity contribution is 0.349. The second-order valence-corrected chi connectivity index (χ2v) is 6.62. The van der Waals surface area contributed by atoms with Crippen molar-refractivity contribution in [1.82, 2.24) is 0 Å². The van der Waals surface area contributed by atoms with Crippen LogP contribution in [0.15, 0.2) is 15.9 Å². The average Bonchev–Trinajstić information content (AvgIpc) is 2.79. The smallest absolute Gasteiger partial charge is 0.0314 e. The Labute approximate surface area is 106 Å². The van der Waals surface area contributed by atoms with Gasteiger partial charge in [-0.15, -0.1) is 11.3 Å². The van der Waals surface area contributed by atoms with Crippen LogP contribution in [0.3, 0.4) is 0 Å². The lowest BCUT2D eigenvalue weighted by Crippen LogP contribution is -2.20. The summed E-state index contributed by atoms with van der Waals surface area (Å²) in [6.07, 6.45) is 6.85. The molecule has 1 fully saturated rings. The molecule has 1 aromatic rings. The molecule has 3 heteroatoms. The topological polar surface area (TPSA) is 0 Å². The first-order valence-electron chi connectivity index (χ1n) is 5.04. The molecule has 0 atom stereocenters. The molecule has 1 aliphatic carbocycles. The Morgan fingerprint density at radius 1 is 1.36 bits per heavy atom. The summed E-state index contributed by atoms with van der Waals surface area (Å²) in [5.74, 6) is 0. The number of thiophene rings is 1. The molecule has 1 aromatic heterocycles. The third kappa shape index (κ3) is 2.25. The molecule has 1 heterocycles. The molecule has 0 radical (unpaired) electrons. The van der Waals surface area contributed by atoms with Gasteiger partial charge in [0.25, 0.3) is 0 Å². The van der Waals surface area contributed by atoms with Crippen molar-refractivity contribution in [3.63, 3.8) is 0 Å². The van der Waals surface area contributed by atoms with E-state index < -0.39 is 0 Å². The minimum Gasteiger partial charge on any atom is -0.148 e. The summed E-state index contributed by atoms with van der Waals surface area (Å²) in [5.41, 5.74) is 0.549. The molecular weight excluding hydrogens is 324 g/mol. The van der Waals surface area contributed by atoms with Crippen molar-refractivity contribution in [2.24, 2.45) is 5.41 Å². The monoisotopic (exact) mass is 336 g/mol. The Hall–Kier alpha value is 0.660. The van der Waals surface area contributed by atoms with Crippen molar-refractivity contribution in [2.75, 3.05) is 5.33 Å². The molecule has 2 rings (SSSR count). The number of hydrogen-bond donors (Lipinski definition) is 0. The van der Waals surface area contributed by atoms with Crippen molar-refractivity contribution >= 4 is 43.2 Å². The summed E-state index contributed by atoms with van der Waals surface area (Å²) in [6, 6.07) is 2.16. The van der Waals surface area contributed by atoms with Crippen molar-refractivity contribution in [1.29, 1.82) is 0 Å². The summed E-state index contributed by atoms with van der Waals surface area (Å²) >= 11 is 9.20. The lowest BCUT2D eigenvalue weighted by Gasteiger charge is -2.25. The number of halogens is 2. The van der Waals surface area contributed by atoms with Crippen LogP contribution in [0.25, 0.3) is 0 Å². The minimum absolute atomic E-state index is 0.549. The maximum absolute atomic E-state index is 3.69. The van der Waals surface area contributed by atoms with E-state index >= 15 is 0 Å². The zero-order valence-corrected chi connectivity index (χ0v) is 12.1. The Kier molecular flexibility index (Phi) is 3.72. The molecule has 0 bridgehead atoms. The van der Waals surface area contributed by atoms with E-state index in [4.69, 9.17) is 0 Å². The second kappa shape index (κ2) is 4.67. The molecule has 0 amide bonds. The molecule has 0 nitrogen and oxygen atoms in total. The van der Waals surface area contributed by atoms with Gasteiger partial charge in [0.1, 0.15) is 0 Å². The Bertz CT molecular complexity index is 300. The zero-order chi connectivity index (χ0) is 10.0. The first-order chi connectivity index (χ1) is 6.76. The quantitative estimate of drug-likeness (QED) is 0.680. The molecule has 0 aromatic carbocycles. The van der Waals surface area contributed by atoms with Gasteiger partial charge in [0, 0.05) is 14.7 Å². The minimum atomic E-state index is 0.549. The molecule has 0 saturated heterocycles. The normalized spacial score (nSPS) is 20.1. The maximum atomic E-state index is 3.69. The van der Waals surface area contributed by atoms with Crippen LogP contribution in [-0.2, 0) is 6.42 Å². The number of alkyl halides is 1. The van der Waals surface area contributed by atoms with Crippen LogP contribution in [0.5, 0.6) is 0 Å².